The van der Waals surface area contributed by atoms with Crippen molar-refractivity contribution in [1.82, 2.24) is 4.90 Å². The molecule has 3 heteroatoms. The van der Waals surface area contributed by atoms with E-state index < -0.39 is 0 Å². The van der Waals surface area contributed by atoms with Crippen molar-refractivity contribution < 1.29 is 0 Å². The molecule has 1 aromatic heterocycles. The van der Waals surface area contributed by atoms with Gasteiger partial charge in [-0.25, -0.2) is 0 Å². The molecule has 0 aliphatic carbocycles. The van der Waals surface area contributed by atoms with E-state index in [1.54, 1.807) is 0 Å². The highest BCUT2D eigenvalue weighted by atomic mass is 32.1. The molecule has 2 rings (SSSR count). The third-order valence-corrected chi connectivity index (χ3v) is 5.53. The van der Waals surface area contributed by atoms with E-state index in [-0.39, 0.29) is 11.5 Å². The number of piperidine rings is 1. The lowest BCUT2D eigenvalue weighted by Gasteiger charge is -2.37. The molecule has 0 amide bonds. The zero-order chi connectivity index (χ0) is 14.0. The summed E-state index contributed by atoms with van der Waals surface area (Å²) in [6.07, 6.45) is 3.91. The minimum Gasteiger partial charge on any atom is -0.327 e. The Hall–Kier alpha value is -0.380. The van der Waals surface area contributed by atoms with Crippen molar-refractivity contribution >= 4 is 11.3 Å². The number of thiophene rings is 1. The third-order valence-electron chi connectivity index (χ3n) is 4.03. The van der Waals surface area contributed by atoms with Crippen molar-refractivity contribution in [2.24, 2.45) is 5.73 Å². The Bertz CT molecular complexity index is 403. The van der Waals surface area contributed by atoms with Crippen molar-refractivity contribution in [2.75, 3.05) is 6.54 Å². The zero-order valence-electron chi connectivity index (χ0n) is 12.8. The molecule has 0 radical (unpaired) electrons. The van der Waals surface area contributed by atoms with Crippen LogP contribution in [0.3, 0.4) is 0 Å². The number of rotatable bonds is 3. The molecular formula is C16H28N2S. The van der Waals surface area contributed by atoms with Gasteiger partial charge in [0, 0.05) is 28.4 Å². The predicted octanol–water partition coefficient (Wildman–Crippen LogP) is 3.75. The number of nitrogens with two attached hydrogens (primary N) is 1. The van der Waals surface area contributed by atoms with Gasteiger partial charge >= 0.3 is 0 Å². The average molecular weight is 280 g/mol. The predicted molar refractivity (Wildman–Crippen MR) is 84.7 cm³/mol. The SMILES string of the molecule is CC(N)C1CCCCN1Cc1ccc(C(C)(C)C)s1. The first kappa shape index (κ1) is 15.0. The van der Waals surface area contributed by atoms with E-state index in [9.17, 15) is 0 Å². The highest BCUT2D eigenvalue weighted by Gasteiger charge is 2.26. The van der Waals surface area contributed by atoms with Crippen LogP contribution in [0.4, 0.5) is 0 Å². The molecule has 2 nitrogen and oxygen atoms in total. The minimum absolute atomic E-state index is 0.269. The fraction of sp³-hybridized carbons (Fsp3) is 0.750. The molecule has 2 N–H and O–H groups in total. The smallest absolute Gasteiger partial charge is 0.0331 e. The van der Waals surface area contributed by atoms with Crippen LogP contribution in [-0.2, 0) is 12.0 Å². The number of nitrogens with zero attached hydrogens (tertiary/aromatic N) is 1. The average Bonchev–Trinajstić information content (AvgIpc) is 2.77. The van der Waals surface area contributed by atoms with Gasteiger partial charge < -0.3 is 5.73 Å². The maximum Gasteiger partial charge on any atom is 0.0331 e. The lowest BCUT2D eigenvalue weighted by atomic mass is 9.95. The summed E-state index contributed by atoms with van der Waals surface area (Å²) in [5, 5.41) is 0. The Balaban J connectivity index is 2.05. The number of hydrogen-bond donors (Lipinski definition) is 1. The highest BCUT2D eigenvalue weighted by molar-refractivity contribution is 7.12. The second kappa shape index (κ2) is 5.94. The molecular weight excluding hydrogens is 252 g/mol. The standard InChI is InChI=1S/C16H28N2S/c1-12(17)14-7-5-6-10-18(14)11-13-8-9-15(19-13)16(2,3)4/h8-9,12,14H,5-7,10-11,17H2,1-4H3. The van der Waals surface area contributed by atoms with Crippen molar-refractivity contribution in [3.63, 3.8) is 0 Å². The molecule has 0 aromatic carbocycles. The van der Waals surface area contributed by atoms with Crippen molar-refractivity contribution in [1.29, 1.82) is 0 Å². The van der Waals surface area contributed by atoms with Gasteiger partial charge in [-0.1, -0.05) is 27.2 Å². The van der Waals surface area contributed by atoms with E-state index in [0.29, 0.717) is 6.04 Å². The summed E-state index contributed by atoms with van der Waals surface area (Å²) in [5.74, 6) is 0. The molecule has 2 unspecified atom stereocenters. The second-order valence-corrected chi connectivity index (χ2v) is 8.08. The largest absolute Gasteiger partial charge is 0.327 e. The van der Waals surface area contributed by atoms with Gasteiger partial charge in [-0.3, -0.25) is 4.90 Å². The first-order valence-corrected chi connectivity index (χ1v) is 8.28. The van der Waals surface area contributed by atoms with Crippen LogP contribution in [0, 0.1) is 0 Å². The first-order valence-electron chi connectivity index (χ1n) is 7.47. The van der Waals surface area contributed by atoms with E-state index in [4.69, 9.17) is 5.73 Å². The Morgan fingerprint density at radius 3 is 2.68 bits per heavy atom. The molecule has 0 spiro atoms. The fourth-order valence-corrected chi connectivity index (χ4v) is 3.97. The van der Waals surface area contributed by atoms with Gasteiger partial charge in [0.05, 0.1) is 0 Å². The molecule has 19 heavy (non-hydrogen) atoms. The molecule has 2 heterocycles. The van der Waals surface area contributed by atoms with Crippen molar-refractivity contribution in [3.8, 4) is 0 Å². The normalized spacial score (nSPS) is 23.5. The van der Waals surface area contributed by atoms with Gasteiger partial charge in [0.25, 0.3) is 0 Å². The van der Waals surface area contributed by atoms with Crippen LogP contribution in [-0.4, -0.2) is 23.5 Å². The summed E-state index contributed by atoms with van der Waals surface area (Å²) in [5.41, 5.74) is 6.42. The highest BCUT2D eigenvalue weighted by Crippen LogP contribution is 2.31. The summed E-state index contributed by atoms with van der Waals surface area (Å²) in [7, 11) is 0. The van der Waals surface area contributed by atoms with Gasteiger partial charge in [0.1, 0.15) is 0 Å². The van der Waals surface area contributed by atoms with Crippen LogP contribution in [0.2, 0.25) is 0 Å². The summed E-state index contributed by atoms with van der Waals surface area (Å²) in [6, 6.07) is 5.44. The Labute approximate surface area is 122 Å². The van der Waals surface area contributed by atoms with Gasteiger partial charge in [0.2, 0.25) is 0 Å². The van der Waals surface area contributed by atoms with Crippen LogP contribution in [0.5, 0.6) is 0 Å². The molecule has 1 saturated heterocycles. The fourth-order valence-electron chi connectivity index (χ4n) is 2.87. The molecule has 108 valence electrons. The Morgan fingerprint density at radius 1 is 1.37 bits per heavy atom. The summed E-state index contributed by atoms with van der Waals surface area (Å²) in [4.78, 5) is 5.56. The van der Waals surface area contributed by atoms with Crippen molar-refractivity contribution in [3.05, 3.63) is 21.9 Å². The molecule has 2 atom stereocenters. The van der Waals surface area contributed by atoms with Gasteiger partial charge in [-0.15, -0.1) is 11.3 Å². The van der Waals surface area contributed by atoms with E-state index in [2.05, 4.69) is 44.7 Å². The van der Waals surface area contributed by atoms with Crippen LogP contribution in [0.15, 0.2) is 12.1 Å². The van der Waals surface area contributed by atoms with E-state index in [1.807, 2.05) is 11.3 Å². The third kappa shape index (κ3) is 3.80. The maximum absolute atomic E-state index is 6.15. The molecule has 0 saturated carbocycles. The van der Waals surface area contributed by atoms with Gasteiger partial charge in [-0.2, -0.15) is 0 Å². The van der Waals surface area contributed by atoms with Crippen LogP contribution in [0.1, 0.15) is 56.7 Å². The monoisotopic (exact) mass is 280 g/mol. The van der Waals surface area contributed by atoms with Crippen molar-refractivity contribution in [2.45, 2.75) is 71.0 Å². The maximum atomic E-state index is 6.15. The summed E-state index contributed by atoms with van der Waals surface area (Å²) >= 11 is 1.96. The van der Waals surface area contributed by atoms with E-state index >= 15 is 0 Å². The van der Waals surface area contributed by atoms with Crippen LogP contribution >= 0.6 is 11.3 Å². The molecule has 1 aliphatic rings. The van der Waals surface area contributed by atoms with Crippen LogP contribution < -0.4 is 5.73 Å². The summed E-state index contributed by atoms with van der Waals surface area (Å²) in [6.45, 7) is 11.3. The minimum atomic E-state index is 0.269. The van der Waals surface area contributed by atoms with Crippen LogP contribution in [0.25, 0.3) is 0 Å². The number of likely N-dealkylation sites (tertiary alicyclic amines) is 1. The van der Waals surface area contributed by atoms with Gasteiger partial charge in [-0.05, 0) is 43.9 Å². The van der Waals surface area contributed by atoms with E-state index in [1.165, 1.54) is 35.6 Å². The molecule has 1 fully saturated rings. The molecule has 1 aliphatic heterocycles. The zero-order valence-corrected chi connectivity index (χ0v) is 13.6. The number of hydrogen-bond acceptors (Lipinski definition) is 3. The molecule has 1 aromatic rings. The lowest BCUT2D eigenvalue weighted by Crippen LogP contribution is -2.48. The summed E-state index contributed by atoms with van der Waals surface area (Å²) < 4.78 is 0. The second-order valence-electron chi connectivity index (χ2n) is 6.91. The molecule has 0 bridgehead atoms. The first-order chi connectivity index (χ1) is 8.88. The Morgan fingerprint density at radius 2 is 2.11 bits per heavy atom. The Kier molecular flexibility index (Phi) is 4.70. The quantitative estimate of drug-likeness (QED) is 0.913. The van der Waals surface area contributed by atoms with Gasteiger partial charge in [0.15, 0.2) is 0 Å². The van der Waals surface area contributed by atoms with E-state index in [0.717, 1.165) is 6.54 Å². The topological polar surface area (TPSA) is 29.3 Å². The lowest BCUT2D eigenvalue weighted by molar-refractivity contribution is 0.124.